The normalized spacial score (nSPS) is 17.4. The Balaban J connectivity index is 0.00000420. The standard InChI is InChI=1S/C21H36N4O3.HI/c1-5-22-21(23-14-19(16(2)3)25-9-11-28-12-10-25)24-15-20(26)17-7-6-8-18(13-17)27-4;/h6-8,13,16,19-20,26H,5,9-12,14-15H2,1-4H3,(H2,22,23,24);1H. The minimum absolute atomic E-state index is 0. The Morgan fingerprint density at radius 1 is 1.28 bits per heavy atom. The van der Waals surface area contributed by atoms with E-state index in [-0.39, 0.29) is 24.0 Å². The zero-order valence-corrected chi connectivity index (χ0v) is 20.4. The topological polar surface area (TPSA) is 78.4 Å². The fourth-order valence-electron chi connectivity index (χ4n) is 3.34. The Hall–Kier alpha value is -1.10. The number of nitrogens with one attached hydrogen (secondary N) is 2. The van der Waals surface area contributed by atoms with Crippen molar-refractivity contribution in [3.63, 3.8) is 0 Å². The molecule has 0 radical (unpaired) electrons. The molecule has 1 aromatic rings. The van der Waals surface area contributed by atoms with Gasteiger partial charge in [-0.15, -0.1) is 24.0 Å². The summed E-state index contributed by atoms with van der Waals surface area (Å²) in [5.41, 5.74) is 0.816. The van der Waals surface area contributed by atoms with Crippen LogP contribution in [-0.4, -0.2) is 75.1 Å². The molecule has 2 atom stereocenters. The van der Waals surface area contributed by atoms with Crippen LogP contribution in [0.1, 0.15) is 32.4 Å². The summed E-state index contributed by atoms with van der Waals surface area (Å²) in [6.45, 7) is 11.9. The molecular formula is C21H37IN4O3. The molecule has 0 bridgehead atoms. The third kappa shape index (κ3) is 8.65. The molecule has 1 fully saturated rings. The van der Waals surface area contributed by atoms with Gasteiger partial charge in [-0.2, -0.15) is 0 Å². The molecule has 0 saturated carbocycles. The summed E-state index contributed by atoms with van der Waals surface area (Å²) in [4.78, 5) is 7.25. The number of aliphatic hydroxyl groups excluding tert-OH is 1. The number of guanidine groups is 1. The lowest BCUT2D eigenvalue weighted by Gasteiger charge is -2.36. The van der Waals surface area contributed by atoms with Crippen LogP contribution in [0.15, 0.2) is 29.3 Å². The number of aliphatic hydroxyl groups is 1. The average molecular weight is 520 g/mol. The lowest BCUT2D eigenvalue weighted by molar-refractivity contribution is 0.00867. The summed E-state index contributed by atoms with van der Waals surface area (Å²) in [6, 6.07) is 7.87. The van der Waals surface area contributed by atoms with Gasteiger partial charge in [-0.25, -0.2) is 0 Å². The first-order chi connectivity index (χ1) is 13.5. The van der Waals surface area contributed by atoms with Crippen LogP contribution in [0.4, 0.5) is 0 Å². The lowest BCUT2D eigenvalue weighted by atomic mass is 10.0. The number of methoxy groups -OCH3 is 1. The van der Waals surface area contributed by atoms with Gasteiger partial charge in [0.2, 0.25) is 0 Å². The van der Waals surface area contributed by atoms with Crippen molar-refractivity contribution < 1.29 is 14.6 Å². The van der Waals surface area contributed by atoms with Crippen molar-refractivity contribution in [3.8, 4) is 5.75 Å². The maximum atomic E-state index is 10.5. The molecule has 29 heavy (non-hydrogen) atoms. The predicted octanol–water partition coefficient (Wildman–Crippen LogP) is 2.26. The van der Waals surface area contributed by atoms with Crippen LogP contribution in [0.2, 0.25) is 0 Å². The van der Waals surface area contributed by atoms with Gasteiger partial charge in [-0.3, -0.25) is 9.89 Å². The van der Waals surface area contributed by atoms with Gasteiger partial charge in [0.15, 0.2) is 5.96 Å². The Bertz CT molecular complexity index is 609. The van der Waals surface area contributed by atoms with E-state index in [0.29, 0.717) is 25.0 Å². The van der Waals surface area contributed by atoms with Crippen LogP contribution >= 0.6 is 24.0 Å². The van der Waals surface area contributed by atoms with E-state index in [4.69, 9.17) is 14.5 Å². The number of nitrogens with zero attached hydrogens (tertiary/aromatic N) is 2. The molecule has 1 aliphatic heterocycles. The molecule has 1 aromatic carbocycles. The number of aliphatic imine (C=N–C) groups is 1. The highest BCUT2D eigenvalue weighted by molar-refractivity contribution is 14.0. The summed E-state index contributed by atoms with van der Waals surface area (Å²) in [6.07, 6.45) is -0.640. The van der Waals surface area contributed by atoms with Crippen LogP contribution in [-0.2, 0) is 4.74 Å². The second-order valence-electron chi connectivity index (χ2n) is 7.35. The highest BCUT2D eigenvalue weighted by Gasteiger charge is 2.23. The minimum atomic E-state index is -0.640. The van der Waals surface area contributed by atoms with Crippen molar-refractivity contribution in [1.82, 2.24) is 15.5 Å². The van der Waals surface area contributed by atoms with E-state index in [1.54, 1.807) is 7.11 Å². The zero-order valence-electron chi connectivity index (χ0n) is 18.1. The van der Waals surface area contributed by atoms with Gasteiger partial charge in [0.05, 0.1) is 33.0 Å². The molecule has 1 heterocycles. The minimum Gasteiger partial charge on any atom is -0.497 e. The Morgan fingerprint density at radius 2 is 2.00 bits per heavy atom. The molecule has 2 unspecified atom stereocenters. The van der Waals surface area contributed by atoms with Crippen LogP contribution < -0.4 is 15.4 Å². The van der Waals surface area contributed by atoms with E-state index in [0.717, 1.165) is 50.1 Å². The highest BCUT2D eigenvalue weighted by Crippen LogP contribution is 2.18. The molecule has 8 heteroatoms. The smallest absolute Gasteiger partial charge is 0.191 e. The third-order valence-corrected chi connectivity index (χ3v) is 5.01. The van der Waals surface area contributed by atoms with Crippen molar-refractivity contribution in [2.24, 2.45) is 10.9 Å². The largest absolute Gasteiger partial charge is 0.497 e. The molecular weight excluding hydrogens is 483 g/mol. The molecule has 0 aliphatic carbocycles. The van der Waals surface area contributed by atoms with E-state index in [2.05, 4.69) is 29.4 Å². The summed E-state index contributed by atoms with van der Waals surface area (Å²) >= 11 is 0. The number of benzene rings is 1. The van der Waals surface area contributed by atoms with Gasteiger partial charge >= 0.3 is 0 Å². The van der Waals surface area contributed by atoms with Crippen LogP contribution in [0.5, 0.6) is 5.75 Å². The number of hydrogen-bond donors (Lipinski definition) is 3. The van der Waals surface area contributed by atoms with Gasteiger partial charge in [0.25, 0.3) is 0 Å². The van der Waals surface area contributed by atoms with Gasteiger partial charge in [0, 0.05) is 32.2 Å². The van der Waals surface area contributed by atoms with Crippen molar-refractivity contribution in [2.45, 2.75) is 32.9 Å². The molecule has 0 amide bonds. The summed E-state index contributed by atoms with van der Waals surface area (Å²) < 4.78 is 10.7. The third-order valence-electron chi connectivity index (χ3n) is 5.01. The SMILES string of the molecule is CCNC(=NCC(C(C)C)N1CCOCC1)NCC(O)c1cccc(OC)c1.I. The van der Waals surface area contributed by atoms with Crippen molar-refractivity contribution in [2.75, 3.05) is 53.0 Å². The molecule has 1 aliphatic rings. The molecule has 3 N–H and O–H groups in total. The highest BCUT2D eigenvalue weighted by atomic mass is 127. The van der Waals surface area contributed by atoms with Crippen molar-refractivity contribution in [3.05, 3.63) is 29.8 Å². The second-order valence-corrected chi connectivity index (χ2v) is 7.35. The maximum absolute atomic E-state index is 10.5. The first kappa shape index (κ1) is 25.9. The summed E-state index contributed by atoms with van der Waals surface area (Å²) in [5, 5.41) is 17.0. The molecule has 7 nitrogen and oxygen atoms in total. The quantitative estimate of drug-likeness (QED) is 0.264. The summed E-state index contributed by atoms with van der Waals surface area (Å²) in [7, 11) is 1.62. The Kier molecular flexibility index (Phi) is 12.5. The van der Waals surface area contributed by atoms with Gasteiger partial charge in [-0.1, -0.05) is 26.0 Å². The number of ether oxygens (including phenoxy) is 2. The maximum Gasteiger partial charge on any atom is 0.191 e. The average Bonchev–Trinajstić information content (AvgIpc) is 2.72. The molecule has 166 valence electrons. The molecule has 1 saturated heterocycles. The van der Waals surface area contributed by atoms with Gasteiger partial charge < -0.3 is 25.2 Å². The molecule has 0 aromatic heterocycles. The fourth-order valence-corrected chi connectivity index (χ4v) is 3.34. The monoisotopic (exact) mass is 520 g/mol. The zero-order chi connectivity index (χ0) is 20.4. The number of morpholine rings is 1. The van der Waals surface area contributed by atoms with E-state index >= 15 is 0 Å². The number of halogens is 1. The second kappa shape index (κ2) is 14.0. The van der Waals surface area contributed by atoms with E-state index in [1.165, 1.54) is 0 Å². The molecule has 2 rings (SSSR count). The van der Waals surface area contributed by atoms with Crippen LogP contribution in [0.3, 0.4) is 0 Å². The first-order valence-electron chi connectivity index (χ1n) is 10.2. The molecule has 0 spiro atoms. The van der Waals surface area contributed by atoms with Gasteiger partial charge in [-0.05, 0) is 30.5 Å². The summed E-state index contributed by atoms with van der Waals surface area (Å²) in [5.74, 6) is 1.97. The number of rotatable bonds is 9. The first-order valence-corrected chi connectivity index (χ1v) is 10.2. The van der Waals surface area contributed by atoms with Gasteiger partial charge in [0.1, 0.15) is 5.75 Å². The number of hydrogen-bond acceptors (Lipinski definition) is 5. The lowest BCUT2D eigenvalue weighted by Crippen LogP contribution is -2.48. The van der Waals surface area contributed by atoms with Crippen LogP contribution in [0.25, 0.3) is 0 Å². The van der Waals surface area contributed by atoms with E-state index in [9.17, 15) is 5.11 Å². The fraction of sp³-hybridized carbons (Fsp3) is 0.667. The Labute approximate surface area is 192 Å². The van der Waals surface area contributed by atoms with Crippen molar-refractivity contribution in [1.29, 1.82) is 0 Å². The van der Waals surface area contributed by atoms with Crippen LogP contribution in [0, 0.1) is 5.92 Å². The van der Waals surface area contributed by atoms with Crippen molar-refractivity contribution >= 4 is 29.9 Å². The Morgan fingerprint density at radius 3 is 2.62 bits per heavy atom. The van der Waals surface area contributed by atoms with E-state index in [1.807, 2.05) is 31.2 Å². The van der Waals surface area contributed by atoms with E-state index < -0.39 is 6.10 Å². The predicted molar refractivity (Wildman–Crippen MR) is 128 cm³/mol.